The van der Waals surface area contributed by atoms with Gasteiger partial charge in [-0.25, -0.2) is 13.2 Å². The highest BCUT2D eigenvalue weighted by Gasteiger charge is 2.21. The Bertz CT molecular complexity index is 769. The van der Waals surface area contributed by atoms with Crippen LogP contribution in [0.5, 0.6) is 0 Å². The molecule has 2 rings (SSSR count). The minimum Gasteiger partial charge on any atom is -0.328 e. The number of anilines is 1. The molecule has 1 aromatic carbocycles. The van der Waals surface area contributed by atoms with Crippen molar-refractivity contribution in [2.75, 3.05) is 18.4 Å². The first kappa shape index (κ1) is 18.4. The number of nitrogens with zero attached hydrogens (tertiary/aromatic N) is 2. The number of carbonyl (C=O) groups excluding carboxylic acids is 2. The molecule has 0 aliphatic heterocycles. The Hall–Kier alpha value is -2.90. The summed E-state index contributed by atoms with van der Waals surface area (Å²) in [5, 5.41) is 2.14. The van der Waals surface area contributed by atoms with Crippen molar-refractivity contribution >= 4 is 17.5 Å². The van der Waals surface area contributed by atoms with Crippen molar-refractivity contribution in [3.63, 3.8) is 0 Å². The fourth-order valence-electron chi connectivity index (χ4n) is 2.16. The van der Waals surface area contributed by atoms with Gasteiger partial charge in [-0.1, -0.05) is 13.0 Å². The highest BCUT2D eigenvalue weighted by atomic mass is 19.2. The lowest BCUT2D eigenvalue weighted by Crippen LogP contribution is -2.39. The van der Waals surface area contributed by atoms with E-state index in [4.69, 9.17) is 0 Å². The molecule has 5 nitrogen and oxygen atoms in total. The average Bonchev–Trinajstić information content (AvgIpc) is 2.62. The summed E-state index contributed by atoms with van der Waals surface area (Å²) >= 11 is 0. The molecule has 1 N–H and O–H groups in total. The van der Waals surface area contributed by atoms with Crippen LogP contribution in [0.25, 0.3) is 0 Å². The summed E-state index contributed by atoms with van der Waals surface area (Å²) in [6.45, 7) is 1.73. The SMILES string of the molecule is CCCN(CC(=O)Nc1ccc(F)c(F)c1F)C(=O)c1ccccn1. The first-order valence-corrected chi connectivity index (χ1v) is 7.57. The Morgan fingerprint density at radius 1 is 1.12 bits per heavy atom. The van der Waals surface area contributed by atoms with Crippen molar-refractivity contribution in [1.82, 2.24) is 9.88 Å². The van der Waals surface area contributed by atoms with Gasteiger partial charge >= 0.3 is 0 Å². The van der Waals surface area contributed by atoms with Crippen molar-refractivity contribution in [1.29, 1.82) is 0 Å². The predicted molar refractivity (Wildman–Crippen MR) is 85.4 cm³/mol. The summed E-state index contributed by atoms with van der Waals surface area (Å²) < 4.78 is 39.7. The second-order valence-electron chi connectivity index (χ2n) is 5.21. The maximum absolute atomic E-state index is 13.6. The lowest BCUT2D eigenvalue weighted by Gasteiger charge is -2.21. The molecule has 0 aliphatic rings. The molecule has 1 heterocycles. The quantitative estimate of drug-likeness (QED) is 0.814. The van der Waals surface area contributed by atoms with E-state index in [0.717, 1.165) is 6.07 Å². The minimum atomic E-state index is -1.67. The maximum Gasteiger partial charge on any atom is 0.272 e. The maximum atomic E-state index is 13.6. The number of pyridine rings is 1. The molecule has 0 spiro atoms. The van der Waals surface area contributed by atoms with E-state index in [0.29, 0.717) is 12.5 Å². The summed E-state index contributed by atoms with van der Waals surface area (Å²) in [7, 11) is 0. The van der Waals surface area contributed by atoms with Gasteiger partial charge in [-0.2, -0.15) is 0 Å². The zero-order valence-corrected chi connectivity index (χ0v) is 13.4. The fraction of sp³-hybridized carbons (Fsp3) is 0.235. The molecular formula is C17H16F3N3O2. The normalized spacial score (nSPS) is 10.4. The van der Waals surface area contributed by atoms with Gasteiger partial charge < -0.3 is 10.2 Å². The van der Waals surface area contributed by atoms with Crippen LogP contribution in [0.4, 0.5) is 18.9 Å². The van der Waals surface area contributed by atoms with Gasteiger partial charge in [0.2, 0.25) is 5.91 Å². The first-order chi connectivity index (χ1) is 11.9. The van der Waals surface area contributed by atoms with Gasteiger partial charge in [0.25, 0.3) is 5.91 Å². The number of benzene rings is 1. The molecule has 0 radical (unpaired) electrons. The number of rotatable bonds is 6. The predicted octanol–water partition coefficient (Wildman–Crippen LogP) is 2.99. The smallest absolute Gasteiger partial charge is 0.272 e. The Balaban J connectivity index is 2.10. The molecule has 0 bridgehead atoms. The Morgan fingerprint density at radius 3 is 2.52 bits per heavy atom. The fourth-order valence-corrected chi connectivity index (χ4v) is 2.16. The van der Waals surface area contributed by atoms with E-state index in [-0.39, 0.29) is 18.8 Å². The van der Waals surface area contributed by atoms with Gasteiger partial charge in [-0.3, -0.25) is 14.6 Å². The molecule has 0 aliphatic carbocycles. The third-order valence-electron chi connectivity index (χ3n) is 3.31. The van der Waals surface area contributed by atoms with Gasteiger partial charge in [0, 0.05) is 12.7 Å². The minimum absolute atomic E-state index is 0.169. The molecule has 0 unspecified atom stereocenters. The summed E-state index contributed by atoms with van der Waals surface area (Å²) in [6, 6.07) is 6.42. The highest BCUT2D eigenvalue weighted by Crippen LogP contribution is 2.19. The number of hydrogen-bond acceptors (Lipinski definition) is 3. The van der Waals surface area contributed by atoms with Crippen LogP contribution in [0, 0.1) is 17.5 Å². The van der Waals surface area contributed by atoms with Crippen LogP contribution in [0.2, 0.25) is 0 Å². The number of nitrogens with one attached hydrogen (secondary N) is 1. The van der Waals surface area contributed by atoms with Crippen LogP contribution < -0.4 is 5.32 Å². The topological polar surface area (TPSA) is 62.3 Å². The summed E-state index contributed by atoms with van der Waals surface area (Å²) in [5.74, 6) is -5.71. The van der Waals surface area contributed by atoms with Crippen LogP contribution in [0.3, 0.4) is 0 Å². The van der Waals surface area contributed by atoms with E-state index in [1.807, 2.05) is 6.92 Å². The summed E-state index contributed by atoms with van der Waals surface area (Å²) in [6.07, 6.45) is 2.04. The van der Waals surface area contributed by atoms with Crippen molar-refractivity contribution in [3.8, 4) is 0 Å². The van der Waals surface area contributed by atoms with Crippen LogP contribution in [0.15, 0.2) is 36.5 Å². The Labute approximate surface area is 142 Å². The molecule has 0 atom stereocenters. The molecule has 2 amide bonds. The molecule has 25 heavy (non-hydrogen) atoms. The third-order valence-corrected chi connectivity index (χ3v) is 3.31. The van der Waals surface area contributed by atoms with E-state index in [9.17, 15) is 22.8 Å². The number of amides is 2. The van der Waals surface area contributed by atoms with Gasteiger partial charge in [0.15, 0.2) is 17.5 Å². The highest BCUT2D eigenvalue weighted by molar-refractivity contribution is 5.98. The lowest BCUT2D eigenvalue weighted by molar-refractivity contribution is -0.116. The van der Waals surface area contributed by atoms with E-state index in [1.165, 1.54) is 17.2 Å². The van der Waals surface area contributed by atoms with E-state index < -0.39 is 35.0 Å². The lowest BCUT2D eigenvalue weighted by atomic mass is 10.2. The van der Waals surface area contributed by atoms with Gasteiger partial charge in [-0.15, -0.1) is 0 Å². The molecule has 8 heteroatoms. The number of halogens is 3. The first-order valence-electron chi connectivity index (χ1n) is 7.57. The van der Waals surface area contributed by atoms with E-state index in [1.54, 1.807) is 12.1 Å². The molecule has 0 fully saturated rings. The van der Waals surface area contributed by atoms with Crippen LogP contribution in [-0.4, -0.2) is 34.8 Å². The molecule has 132 valence electrons. The van der Waals surface area contributed by atoms with Crippen molar-refractivity contribution in [2.24, 2.45) is 0 Å². The monoisotopic (exact) mass is 351 g/mol. The van der Waals surface area contributed by atoms with Crippen molar-refractivity contribution in [3.05, 3.63) is 59.7 Å². The van der Waals surface area contributed by atoms with Crippen LogP contribution >= 0.6 is 0 Å². The number of hydrogen-bond donors (Lipinski definition) is 1. The molecule has 0 saturated heterocycles. The zero-order valence-electron chi connectivity index (χ0n) is 13.4. The van der Waals surface area contributed by atoms with Crippen LogP contribution in [-0.2, 0) is 4.79 Å². The Kier molecular flexibility index (Phi) is 6.10. The molecule has 2 aromatic rings. The van der Waals surface area contributed by atoms with Gasteiger partial charge in [-0.05, 0) is 30.7 Å². The average molecular weight is 351 g/mol. The summed E-state index contributed by atoms with van der Waals surface area (Å²) in [5.41, 5.74) is -0.326. The second kappa shape index (κ2) is 8.27. The molecular weight excluding hydrogens is 335 g/mol. The largest absolute Gasteiger partial charge is 0.328 e. The second-order valence-corrected chi connectivity index (χ2v) is 5.21. The summed E-state index contributed by atoms with van der Waals surface area (Å²) in [4.78, 5) is 29.6. The number of carbonyl (C=O) groups is 2. The molecule has 0 saturated carbocycles. The third kappa shape index (κ3) is 4.56. The zero-order chi connectivity index (χ0) is 18.4. The van der Waals surface area contributed by atoms with Crippen molar-refractivity contribution in [2.45, 2.75) is 13.3 Å². The Morgan fingerprint density at radius 2 is 1.88 bits per heavy atom. The van der Waals surface area contributed by atoms with Gasteiger partial charge in [0.1, 0.15) is 12.2 Å². The van der Waals surface area contributed by atoms with E-state index in [2.05, 4.69) is 10.3 Å². The standard InChI is InChI=1S/C17H16F3N3O2/c1-2-9-23(17(25)13-5-3-4-8-21-13)10-14(24)22-12-7-6-11(18)15(19)16(12)20/h3-8H,2,9-10H2,1H3,(H,22,24). The van der Waals surface area contributed by atoms with Gasteiger partial charge in [0.05, 0.1) is 5.69 Å². The van der Waals surface area contributed by atoms with E-state index >= 15 is 0 Å². The van der Waals surface area contributed by atoms with Crippen LogP contribution in [0.1, 0.15) is 23.8 Å². The van der Waals surface area contributed by atoms with Crippen molar-refractivity contribution < 1.29 is 22.8 Å². The molecule has 1 aromatic heterocycles. The number of aromatic nitrogens is 1.